The number of nitrogen functional groups attached to an aromatic ring is 1. The highest BCUT2D eigenvalue weighted by Gasteiger charge is 2.40. The van der Waals surface area contributed by atoms with Crippen LogP contribution in [0.1, 0.15) is 33.6 Å². The number of aromatic nitrogens is 4. The van der Waals surface area contributed by atoms with Crippen molar-refractivity contribution in [2.45, 2.75) is 51.9 Å². The molecule has 1 amide bonds. The summed E-state index contributed by atoms with van der Waals surface area (Å²) in [6.07, 6.45) is 2.36. The predicted octanol–water partition coefficient (Wildman–Crippen LogP) is 1.27. The molecule has 2 aromatic rings. The molecule has 0 bridgehead atoms. The fraction of sp³-hybridized carbons (Fsp3) is 0.609. The molecule has 190 valence electrons. The molecule has 0 unspecified atom stereocenters. The van der Waals surface area contributed by atoms with Gasteiger partial charge in [0.05, 0.1) is 13.2 Å². The highest BCUT2D eigenvalue weighted by atomic mass is 19.1. The molecule has 2 aliphatic rings. The van der Waals surface area contributed by atoms with Crippen molar-refractivity contribution in [2.24, 2.45) is 5.41 Å². The molecule has 0 radical (unpaired) electrons. The first kappa shape index (κ1) is 25.0. The summed E-state index contributed by atoms with van der Waals surface area (Å²) in [5, 5.41) is 10.3. The number of halogens is 1. The van der Waals surface area contributed by atoms with Gasteiger partial charge in [0.25, 0.3) is 11.8 Å². The maximum atomic E-state index is 15.5. The number of rotatable bonds is 6. The second-order valence-electron chi connectivity index (χ2n) is 10.0. The van der Waals surface area contributed by atoms with Gasteiger partial charge in [-0.05, 0) is 5.41 Å². The molecule has 1 aliphatic carbocycles. The number of anilines is 2. The Morgan fingerprint density at radius 3 is 2.49 bits per heavy atom. The van der Waals surface area contributed by atoms with Crippen LogP contribution in [0, 0.1) is 11.2 Å². The van der Waals surface area contributed by atoms with Gasteiger partial charge in [0.2, 0.25) is 17.7 Å². The number of hydrogen-bond acceptors (Lipinski definition) is 10. The van der Waals surface area contributed by atoms with Gasteiger partial charge >= 0.3 is 0 Å². The number of likely N-dealkylation sites (N-methyl/N-ethyl adjacent to an activating group) is 1. The predicted molar refractivity (Wildman–Crippen MR) is 126 cm³/mol. The number of aliphatic hydroxyl groups excluding tert-OH is 1. The fourth-order valence-electron chi connectivity index (χ4n) is 3.90. The molecule has 35 heavy (non-hydrogen) atoms. The van der Waals surface area contributed by atoms with Crippen LogP contribution in [-0.2, 0) is 9.53 Å². The van der Waals surface area contributed by atoms with Crippen LogP contribution in [0.4, 0.5) is 16.3 Å². The van der Waals surface area contributed by atoms with E-state index in [-0.39, 0.29) is 35.6 Å². The lowest BCUT2D eigenvalue weighted by Crippen LogP contribution is -2.54. The minimum atomic E-state index is -1.10. The molecule has 2 fully saturated rings. The van der Waals surface area contributed by atoms with E-state index in [0.717, 1.165) is 0 Å². The Labute approximate surface area is 203 Å². The Bertz CT molecular complexity index is 1050. The lowest BCUT2D eigenvalue weighted by Gasteiger charge is -2.42. The second-order valence-corrected chi connectivity index (χ2v) is 10.0. The Kier molecular flexibility index (Phi) is 7.04. The van der Waals surface area contributed by atoms with E-state index in [9.17, 15) is 9.90 Å². The SMILES string of the molecule is CN(C(=O)[C@@H](O)C(C)(C)C)C1CC(Oc2nc(N3CCOCC3)nc(-c3cnc(N)nc3)c2F)C1. The molecule has 11 nitrogen and oxygen atoms in total. The molecule has 3 N–H and O–H groups in total. The van der Waals surface area contributed by atoms with E-state index in [1.807, 2.05) is 25.7 Å². The van der Waals surface area contributed by atoms with Crippen LogP contribution in [0.15, 0.2) is 12.4 Å². The Morgan fingerprint density at radius 1 is 1.26 bits per heavy atom. The van der Waals surface area contributed by atoms with Gasteiger partial charge < -0.3 is 30.1 Å². The third-order valence-electron chi connectivity index (χ3n) is 6.35. The quantitative estimate of drug-likeness (QED) is 0.609. The van der Waals surface area contributed by atoms with Crippen molar-refractivity contribution < 1.29 is 23.8 Å². The van der Waals surface area contributed by atoms with Gasteiger partial charge in [0.15, 0.2) is 0 Å². The summed E-state index contributed by atoms with van der Waals surface area (Å²) in [6.45, 7) is 7.59. The zero-order valence-electron chi connectivity index (χ0n) is 20.4. The van der Waals surface area contributed by atoms with E-state index >= 15 is 4.39 Å². The maximum absolute atomic E-state index is 15.5. The van der Waals surface area contributed by atoms with Crippen molar-refractivity contribution in [1.29, 1.82) is 0 Å². The van der Waals surface area contributed by atoms with Gasteiger partial charge in [0, 0.05) is 57.0 Å². The number of hydrogen-bond donors (Lipinski definition) is 2. The Morgan fingerprint density at radius 2 is 1.89 bits per heavy atom. The first-order valence-corrected chi connectivity index (χ1v) is 11.6. The molecule has 12 heteroatoms. The summed E-state index contributed by atoms with van der Waals surface area (Å²) in [5.41, 5.74) is 5.38. The van der Waals surface area contributed by atoms with Crippen LogP contribution >= 0.6 is 0 Å². The average Bonchev–Trinajstić information content (AvgIpc) is 2.81. The molecule has 1 aliphatic heterocycles. The molecular formula is C23H32FN7O4. The van der Waals surface area contributed by atoms with Crippen LogP contribution in [0.2, 0.25) is 0 Å². The van der Waals surface area contributed by atoms with Crippen LogP contribution < -0.4 is 15.4 Å². The number of nitrogens with two attached hydrogens (primary N) is 1. The molecule has 3 heterocycles. The maximum Gasteiger partial charge on any atom is 0.256 e. The topological polar surface area (TPSA) is 140 Å². The lowest BCUT2D eigenvalue weighted by molar-refractivity contribution is -0.150. The van der Waals surface area contributed by atoms with Gasteiger partial charge in [0.1, 0.15) is 17.9 Å². The van der Waals surface area contributed by atoms with E-state index in [1.165, 1.54) is 12.4 Å². The number of carbonyl (C=O) groups excluding carboxylic acids is 1. The summed E-state index contributed by atoms with van der Waals surface area (Å²) in [6, 6.07) is -0.113. The summed E-state index contributed by atoms with van der Waals surface area (Å²) >= 11 is 0. The monoisotopic (exact) mass is 489 g/mol. The summed E-state index contributed by atoms with van der Waals surface area (Å²) in [5.74, 6) is -0.821. The number of amides is 1. The standard InChI is InChI=1S/C23H32FN7O4/c1-23(2,3)18(32)20(33)30(4)14-9-15(10-14)35-19-16(24)17(13-11-26-21(25)27-12-13)28-22(29-19)31-5-7-34-8-6-31/h11-12,14-15,18,32H,5-10H2,1-4H3,(H2,25,26,27)/t14?,15?,18-/m1/s1. The van der Waals surface area contributed by atoms with E-state index in [1.54, 1.807) is 11.9 Å². The molecule has 1 saturated heterocycles. The van der Waals surface area contributed by atoms with Gasteiger partial charge in [-0.2, -0.15) is 9.37 Å². The molecule has 4 rings (SSSR count). The smallest absolute Gasteiger partial charge is 0.256 e. The minimum Gasteiger partial charge on any atom is -0.472 e. The average molecular weight is 490 g/mol. The third kappa shape index (κ3) is 5.43. The normalized spacial score (nSPS) is 21.3. The fourth-order valence-corrected chi connectivity index (χ4v) is 3.90. The van der Waals surface area contributed by atoms with Crippen LogP contribution in [0.25, 0.3) is 11.3 Å². The number of nitrogens with zero attached hydrogens (tertiary/aromatic N) is 6. The van der Waals surface area contributed by atoms with E-state index < -0.39 is 17.3 Å². The molecule has 0 aromatic carbocycles. The minimum absolute atomic E-state index is 0.0213. The van der Waals surface area contributed by atoms with Gasteiger partial charge in [-0.25, -0.2) is 15.0 Å². The second kappa shape index (κ2) is 9.86. The first-order valence-electron chi connectivity index (χ1n) is 11.6. The molecular weight excluding hydrogens is 457 g/mol. The lowest BCUT2D eigenvalue weighted by atomic mass is 9.85. The van der Waals surface area contributed by atoms with Gasteiger partial charge in [-0.3, -0.25) is 4.79 Å². The summed E-state index contributed by atoms with van der Waals surface area (Å²) < 4.78 is 26.8. The van der Waals surface area contributed by atoms with Gasteiger partial charge in [-0.1, -0.05) is 20.8 Å². The summed E-state index contributed by atoms with van der Waals surface area (Å²) in [7, 11) is 1.67. The highest BCUT2D eigenvalue weighted by molar-refractivity contribution is 5.81. The number of morpholine rings is 1. The zero-order chi connectivity index (χ0) is 25.3. The van der Waals surface area contributed by atoms with Gasteiger partial charge in [-0.15, -0.1) is 0 Å². The van der Waals surface area contributed by atoms with Crippen molar-refractivity contribution in [2.75, 3.05) is 44.0 Å². The largest absolute Gasteiger partial charge is 0.472 e. The number of aliphatic hydroxyl groups is 1. The number of ether oxygens (including phenoxy) is 2. The first-order chi connectivity index (χ1) is 16.5. The third-order valence-corrected chi connectivity index (χ3v) is 6.35. The number of carbonyl (C=O) groups is 1. The highest BCUT2D eigenvalue weighted by Crippen LogP contribution is 2.34. The van der Waals surface area contributed by atoms with E-state index in [0.29, 0.717) is 50.7 Å². The molecule has 0 spiro atoms. The Hall–Kier alpha value is -3.12. The van der Waals surface area contributed by atoms with Crippen LogP contribution in [-0.4, -0.2) is 87.5 Å². The summed E-state index contributed by atoms with van der Waals surface area (Å²) in [4.78, 5) is 32.7. The molecule has 1 atom stereocenters. The Balaban J connectivity index is 1.52. The van der Waals surface area contributed by atoms with Crippen molar-refractivity contribution in [1.82, 2.24) is 24.8 Å². The van der Waals surface area contributed by atoms with Crippen molar-refractivity contribution in [3.05, 3.63) is 18.2 Å². The van der Waals surface area contributed by atoms with E-state index in [2.05, 4.69) is 19.9 Å². The van der Waals surface area contributed by atoms with Crippen molar-refractivity contribution >= 4 is 17.8 Å². The zero-order valence-corrected chi connectivity index (χ0v) is 20.4. The molecule has 1 saturated carbocycles. The van der Waals surface area contributed by atoms with Crippen LogP contribution in [0.5, 0.6) is 5.88 Å². The van der Waals surface area contributed by atoms with Crippen molar-refractivity contribution in [3.63, 3.8) is 0 Å². The van der Waals surface area contributed by atoms with Crippen LogP contribution in [0.3, 0.4) is 0 Å². The van der Waals surface area contributed by atoms with Crippen molar-refractivity contribution in [3.8, 4) is 17.1 Å². The molecule has 2 aromatic heterocycles. The van der Waals surface area contributed by atoms with E-state index in [4.69, 9.17) is 15.2 Å².